The van der Waals surface area contributed by atoms with Gasteiger partial charge in [-0.25, -0.2) is 0 Å². The number of nitro benzene ring substituents is 1. The average Bonchev–Trinajstić information content (AvgIpc) is 2.97. The topological polar surface area (TPSA) is 83.6 Å². The van der Waals surface area contributed by atoms with E-state index in [1.54, 1.807) is 12.3 Å². The Bertz CT molecular complexity index is 1010. The molecule has 134 valence electrons. The van der Waals surface area contributed by atoms with Gasteiger partial charge in [0, 0.05) is 22.8 Å². The third kappa shape index (κ3) is 3.41. The van der Waals surface area contributed by atoms with Crippen LogP contribution >= 0.6 is 15.9 Å². The molecule has 0 unspecified atom stereocenters. The van der Waals surface area contributed by atoms with E-state index in [1.165, 1.54) is 30.7 Å². The zero-order chi connectivity index (χ0) is 18.8. The maximum Gasteiger partial charge on any atom is 0.311 e. The lowest BCUT2D eigenvalue weighted by Crippen LogP contribution is -2.03. The average molecular weight is 419 g/mol. The molecule has 8 heteroatoms. The van der Waals surface area contributed by atoms with E-state index in [-0.39, 0.29) is 24.0 Å². The summed E-state index contributed by atoms with van der Waals surface area (Å²) in [5.41, 5.74) is 1.23. The predicted molar refractivity (Wildman–Crippen MR) is 99.9 cm³/mol. The van der Waals surface area contributed by atoms with Crippen molar-refractivity contribution in [2.75, 3.05) is 7.11 Å². The van der Waals surface area contributed by atoms with Gasteiger partial charge in [-0.1, -0.05) is 22.0 Å². The first-order valence-corrected chi connectivity index (χ1v) is 8.45. The standard InChI is InChI=1S/C18H15BrN2O5/c1-11(22)20-9-18(14-8-13(19)4-5-15(14)20)26-10-12-3-6-17(25-2)16(7-12)21(23)24/h3-9H,10H2,1-2H3. The monoisotopic (exact) mass is 418 g/mol. The third-order valence-corrected chi connectivity index (χ3v) is 4.40. The predicted octanol–water partition coefficient (Wildman–Crippen LogP) is 4.56. The van der Waals surface area contributed by atoms with Crippen LogP contribution in [0.15, 0.2) is 47.1 Å². The lowest BCUT2D eigenvalue weighted by atomic mass is 10.2. The summed E-state index contributed by atoms with van der Waals surface area (Å²) in [5, 5.41) is 11.9. The van der Waals surface area contributed by atoms with Gasteiger partial charge in [-0.05, 0) is 29.8 Å². The molecule has 0 aliphatic rings. The Morgan fingerprint density at radius 1 is 1.23 bits per heavy atom. The van der Waals surface area contributed by atoms with E-state index >= 15 is 0 Å². The number of hydrogen-bond acceptors (Lipinski definition) is 5. The van der Waals surface area contributed by atoms with Gasteiger partial charge in [0.05, 0.1) is 23.7 Å². The summed E-state index contributed by atoms with van der Waals surface area (Å²) < 4.78 is 13.2. The molecular weight excluding hydrogens is 404 g/mol. The highest BCUT2D eigenvalue weighted by Crippen LogP contribution is 2.32. The summed E-state index contributed by atoms with van der Waals surface area (Å²) in [6.45, 7) is 1.59. The molecule has 0 aliphatic carbocycles. The Labute approximate surface area is 157 Å². The van der Waals surface area contributed by atoms with Gasteiger partial charge in [0.25, 0.3) is 0 Å². The van der Waals surface area contributed by atoms with Crippen LogP contribution in [-0.2, 0) is 6.61 Å². The van der Waals surface area contributed by atoms with E-state index in [9.17, 15) is 14.9 Å². The molecule has 1 aromatic heterocycles. The molecule has 26 heavy (non-hydrogen) atoms. The van der Waals surface area contributed by atoms with E-state index in [2.05, 4.69) is 15.9 Å². The number of hydrogen-bond donors (Lipinski definition) is 0. The molecule has 0 saturated heterocycles. The van der Waals surface area contributed by atoms with Crippen LogP contribution in [-0.4, -0.2) is 22.5 Å². The van der Waals surface area contributed by atoms with Crippen LogP contribution in [0.2, 0.25) is 0 Å². The summed E-state index contributed by atoms with van der Waals surface area (Å²) in [7, 11) is 1.38. The highest BCUT2D eigenvalue weighted by atomic mass is 79.9. The van der Waals surface area contributed by atoms with E-state index in [0.717, 1.165) is 15.4 Å². The zero-order valence-corrected chi connectivity index (χ0v) is 15.6. The fourth-order valence-electron chi connectivity index (χ4n) is 2.68. The minimum absolute atomic E-state index is 0.119. The van der Waals surface area contributed by atoms with Crippen LogP contribution in [0.3, 0.4) is 0 Å². The second kappa shape index (κ2) is 7.17. The molecule has 0 spiro atoms. The first-order valence-electron chi connectivity index (χ1n) is 7.66. The van der Waals surface area contributed by atoms with Crippen molar-refractivity contribution >= 4 is 38.4 Å². The lowest BCUT2D eigenvalue weighted by molar-refractivity contribution is -0.385. The van der Waals surface area contributed by atoms with Crippen molar-refractivity contribution in [3.05, 3.63) is 62.7 Å². The number of halogens is 1. The molecule has 0 saturated carbocycles. The van der Waals surface area contributed by atoms with Gasteiger partial charge >= 0.3 is 5.69 Å². The van der Waals surface area contributed by atoms with Crippen molar-refractivity contribution in [3.63, 3.8) is 0 Å². The van der Waals surface area contributed by atoms with E-state index < -0.39 is 4.92 Å². The molecule has 3 rings (SSSR count). The fourth-order valence-corrected chi connectivity index (χ4v) is 3.04. The van der Waals surface area contributed by atoms with Gasteiger partial charge in [0.15, 0.2) is 5.75 Å². The smallest absolute Gasteiger partial charge is 0.311 e. The first kappa shape index (κ1) is 17.9. The number of rotatable bonds is 5. The molecule has 0 N–H and O–H groups in total. The van der Waals surface area contributed by atoms with Crippen molar-refractivity contribution in [1.29, 1.82) is 0 Å². The Hall–Kier alpha value is -2.87. The Morgan fingerprint density at radius 2 is 2.00 bits per heavy atom. The zero-order valence-electron chi connectivity index (χ0n) is 14.1. The quantitative estimate of drug-likeness (QED) is 0.447. The first-order chi connectivity index (χ1) is 12.4. The van der Waals surface area contributed by atoms with Gasteiger partial charge in [-0.2, -0.15) is 0 Å². The lowest BCUT2D eigenvalue weighted by Gasteiger charge is -2.07. The van der Waals surface area contributed by atoms with Gasteiger partial charge < -0.3 is 9.47 Å². The minimum Gasteiger partial charge on any atom is -0.490 e. The van der Waals surface area contributed by atoms with E-state index in [0.29, 0.717) is 11.3 Å². The number of fused-ring (bicyclic) bond motifs is 1. The molecule has 3 aromatic rings. The largest absolute Gasteiger partial charge is 0.490 e. The molecular formula is C18H15BrN2O5. The second-order valence-electron chi connectivity index (χ2n) is 5.60. The van der Waals surface area contributed by atoms with Crippen LogP contribution in [0.4, 0.5) is 5.69 Å². The minimum atomic E-state index is -0.499. The molecule has 0 radical (unpaired) electrons. The van der Waals surface area contributed by atoms with Gasteiger partial charge in [0.2, 0.25) is 5.91 Å². The summed E-state index contributed by atoms with van der Waals surface area (Å²) >= 11 is 3.41. The van der Waals surface area contributed by atoms with Crippen LogP contribution in [0, 0.1) is 10.1 Å². The third-order valence-electron chi connectivity index (χ3n) is 3.90. The summed E-state index contributed by atoms with van der Waals surface area (Å²) in [5.74, 6) is 0.582. The number of carbonyl (C=O) groups is 1. The summed E-state index contributed by atoms with van der Waals surface area (Å²) in [4.78, 5) is 22.5. The molecule has 7 nitrogen and oxygen atoms in total. The number of benzene rings is 2. The Balaban J connectivity index is 1.93. The fraction of sp³-hybridized carbons (Fsp3) is 0.167. The normalized spacial score (nSPS) is 10.7. The van der Waals surface area contributed by atoms with Gasteiger partial charge in [0.1, 0.15) is 12.4 Å². The SMILES string of the molecule is COc1ccc(COc2cn(C(C)=O)c3ccc(Br)cc23)cc1[N+](=O)[O-]. The van der Waals surface area contributed by atoms with Crippen molar-refractivity contribution in [2.45, 2.75) is 13.5 Å². The number of nitro groups is 1. The van der Waals surface area contributed by atoms with Crippen molar-refractivity contribution in [3.8, 4) is 11.5 Å². The molecule has 2 aromatic carbocycles. The van der Waals surface area contributed by atoms with Crippen molar-refractivity contribution < 1.29 is 19.2 Å². The highest BCUT2D eigenvalue weighted by Gasteiger charge is 2.17. The van der Waals surface area contributed by atoms with Crippen molar-refractivity contribution in [2.24, 2.45) is 0 Å². The molecule has 0 amide bonds. The number of nitrogens with zero attached hydrogens (tertiary/aromatic N) is 2. The number of methoxy groups -OCH3 is 1. The van der Waals surface area contributed by atoms with Crippen molar-refractivity contribution in [1.82, 2.24) is 4.57 Å². The number of aromatic nitrogens is 1. The summed E-state index contributed by atoms with van der Waals surface area (Å²) in [6.07, 6.45) is 1.62. The van der Waals surface area contributed by atoms with E-state index in [4.69, 9.17) is 9.47 Å². The highest BCUT2D eigenvalue weighted by molar-refractivity contribution is 9.10. The van der Waals surface area contributed by atoms with Crippen LogP contribution in [0.1, 0.15) is 17.3 Å². The number of carbonyl (C=O) groups excluding carboxylic acids is 1. The Kier molecular flexibility index (Phi) is 4.94. The second-order valence-corrected chi connectivity index (χ2v) is 6.51. The molecule has 0 atom stereocenters. The molecule has 0 aliphatic heterocycles. The molecule has 0 bridgehead atoms. The number of ether oxygens (including phenoxy) is 2. The molecule has 0 fully saturated rings. The van der Waals surface area contributed by atoms with E-state index in [1.807, 2.05) is 18.2 Å². The molecule has 1 heterocycles. The van der Waals surface area contributed by atoms with Crippen LogP contribution in [0.5, 0.6) is 11.5 Å². The van der Waals surface area contributed by atoms with Gasteiger partial charge in [-0.3, -0.25) is 19.5 Å². The van der Waals surface area contributed by atoms with Crippen LogP contribution in [0.25, 0.3) is 10.9 Å². The summed E-state index contributed by atoms with van der Waals surface area (Å²) in [6, 6.07) is 10.2. The maximum absolute atomic E-state index is 11.8. The van der Waals surface area contributed by atoms with Gasteiger partial charge in [-0.15, -0.1) is 0 Å². The van der Waals surface area contributed by atoms with Crippen LogP contribution < -0.4 is 9.47 Å². The Morgan fingerprint density at radius 3 is 2.65 bits per heavy atom. The maximum atomic E-state index is 11.8.